The smallest absolute Gasteiger partial charge is 0.318 e. The van der Waals surface area contributed by atoms with E-state index in [2.05, 4.69) is 11.8 Å². The Morgan fingerprint density at radius 1 is 0.886 bits per heavy atom. The highest BCUT2D eigenvalue weighted by molar-refractivity contribution is 6.35. The molecule has 0 saturated carbocycles. The predicted molar refractivity (Wildman–Crippen MR) is 166 cm³/mol. The van der Waals surface area contributed by atoms with Gasteiger partial charge in [0.1, 0.15) is 0 Å². The molecule has 0 unspecified atom stereocenters. The van der Waals surface area contributed by atoms with Crippen LogP contribution in [0.15, 0.2) is 52.9 Å². The molecule has 10 nitrogen and oxygen atoms in total. The van der Waals surface area contributed by atoms with Crippen LogP contribution in [0.1, 0.15) is 78.2 Å². The molecule has 0 atom stereocenters. The summed E-state index contributed by atoms with van der Waals surface area (Å²) in [7, 11) is 0. The summed E-state index contributed by atoms with van der Waals surface area (Å²) in [6, 6.07) is 6.02. The Morgan fingerprint density at radius 2 is 1.45 bits per heavy atom. The van der Waals surface area contributed by atoms with E-state index in [-0.39, 0.29) is 56.8 Å². The van der Waals surface area contributed by atoms with Crippen molar-refractivity contribution in [3.63, 3.8) is 0 Å². The average Bonchev–Trinajstić information content (AvgIpc) is 2.89. The van der Waals surface area contributed by atoms with Crippen molar-refractivity contribution < 1.29 is 24.2 Å². The summed E-state index contributed by atoms with van der Waals surface area (Å²) in [5.74, 6) is -1.38. The van der Waals surface area contributed by atoms with Gasteiger partial charge in [-0.05, 0) is 48.3 Å². The number of nitro groups is 2. The van der Waals surface area contributed by atoms with E-state index in [0.29, 0.717) is 36.1 Å². The highest BCUT2D eigenvalue weighted by Crippen LogP contribution is 2.57. The first-order valence-corrected chi connectivity index (χ1v) is 15.2. The van der Waals surface area contributed by atoms with Crippen molar-refractivity contribution in [3.8, 4) is 11.5 Å². The van der Waals surface area contributed by atoms with Gasteiger partial charge in [-0.15, -0.1) is 0 Å². The molecular weight excluding hydrogens is 609 g/mol. The first-order valence-electron chi connectivity index (χ1n) is 14.4. The number of allylic oxidation sites excluding steroid dienone is 4. The number of carbonyl (C=O) groups excluding carboxylic acids is 2. The van der Waals surface area contributed by atoms with E-state index in [1.54, 1.807) is 6.07 Å². The first-order chi connectivity index (χ1) is 20.5. The van der Waals surface area contributed by atoms with Gasteiger partial charge < -0.3 is 9.64 Å². The van der Waals surface area contributed by atoms with E-state index in [0.717, 1.165) is 36.0 Å². The summed E-state index contributed by atoms with van der Waals surface area (Å²) in [4.78, 5) is 52.1. The van der Waals surface area contributed by atoms with Crippen LogP contribution in [0, 0.1) is 31.1 Å². The van der Waals surface area contributed by atoms with Crippen LogP contribution in [0.2, 0.25) is 10.0 Å². The van der Waals surface area contributed by atoms with Crippen molar-refractivity contribution in [1.29, 1.82) is 0 Å². The molecule has 0 amide bonds. The maximum atomic E-state index is 14.1. The molecule has 2 aromatic carbocycles. The third-order valence-corrected chi connectivity index (χ3v) is 8.88. The number of nitro benzene ring substituents is 2. The van der Waals surface area contributed by atoms with Gasteiger partial charge >= 0.3 is 5.69 Å². The molecule has 1 aliphatic heterocycles. The average molecular weight is 643 g/mol. The number of rotatable bonds is 7. The Balaban J connectivity index is 1.80. The molecular formula is C32H33Cl2N3O7. The number of non-ortho nitro benzene ring substituents is 1. The fourth-order valence-corrected chi connectivity index (χ4v) is 7.26. The molecule has 2 aromatic rings. The molecule has 1 heterocycles. The van der Waals surface area contributed by atoms with Gasteiger partial charge in [-0.3, -0.25) is 29.8 Å². The summed E-state index contributed by atoms with van der Waals surface area (Å²) in [6.45, 7) is 10.9. The molecule has 0 N–H and O–H groups in total. The number of ketones is 2. The number of halogens is 2. The van der Waals surface area contributed by atoms with E-state index in [1.165, 1.54) is 6.07 Å². The van der Waals surface area contributed by atoms with Gasteiger partial charge in [-0.2, -0.15) is 0 Å². The monoisotopic (exact) mass is 641 g/mol. The highest BCUT2D eigenvalue weighted by atomic mass is 35.5. The van der Waals surface area contributed by atoms with Crippen LogP contribution >= 0.6 is 23.2 Å². The molecule has 0 bridgehead atoms. The Kier molecular flexibility index (Phi) is 8.13. The Hall–Kier alpha value is -3.76. The zero-order valence-corrected chi connectivity index (χ0v) is 26.7. The summed E-state index contributed by atoms with van der Waals surface area (Å²) in [5, 5.41) is 23.5. The largest absolute Gasteiger partial charge is 0.448 e. The molecule has 0 aromatic heterocycles. The van der Waals surface area contributed by atoms with Gasteiger partial charge in [0.25, 0.3) is 5.69 Å². The van der Waals surface area contributed by atoms with E-state index in [1.807, 2.05) is 27.7 Å². The number of hydrogen-bond acceptors (Lipinski definition) is 8. The first kappa shape index (κ1) is 31.7. The molecule has 232 valence electrons. The minimum absolute atomic E-state index is 0.00705. The Bertz CT molecular complexity index is 1640. The second-order valence-electron chi connectivity index (χ2n) is 13.3. The maximum absolute atomic E-state index is 14.1. The lowest BCUT2D eigenvalue weighted by atomic mass is 9.63. The lowest BCUT2D eigenvalue weighted by Gasteiger charge is -2.49. The summed E-state index contributed by atoms with van der Waals surface area (Å²) < 4.78 is 6.13. The minimum Gasteiger partial charge on any atom is -0.448 e. The van der Waals surface area contributed by atoms with Gasteiger partial charge in [-0.25, -0.2) is 0 Å². The summed E-state index contributed by atoms with van der Waals surface area (Å²) >= 11 is 13.2. The standard InChI is InChI=1S/C32H33Cl2N3O7/c1-6-9-35-22-13-31(2,3)15-24(38)28(22)27(29-23(35)14-32(4,5)16-25(29)39)19-10-17(33)11-20(34)30(19)44-26-8-7-18(36(40)41)12-21(26)37(42)43/h7-8,10-12,27H,6,9,13-16H2,1-5H3. The molecule has 0 saturated heterocycles. The van der Waals surface area contributed by atoms with E-state index in [9.17, 15) is 29.8 Å². The van der Waals surface area contributed by atoms with Crippen LogP contribution in [-0.2, 0) is 9.59 Å². The van der Waals surface area contributed by atoms with Crippen LogP contribution in [0.5, 0.6) is 11.5 Å². The number of hydrogen-bond donors (Lipinski definition) is 0. The van der Waals surface area contributed by atoms with Gasteiger partial charge in [0.05, 0.1) is 20.9 Å². The van der Waals surface area contributed by atoms with Crippen molar-refractivity contribution in [2.24, 2.45) is 10.8 Å². The molecule has 0 spiro atoms. The van der Waals surface area contributed by atoms with Crippen molar-refractivity contribution in [2.45, 2.75) is 72.6 Å². The summed E-state index contributed by atoms with van der Waals surface area (Å²) in [6.07, 6.45) is 2.54. The fraction of sp³-hybridized carbons (Fsp3) is 0.438. The number of ether oxygens (including phenoxy) is 1. The number of benzene rings is 2. The third-order valence-electron chi connectivity index (χ3n) is 8.38. The fourth-order valence-electron chi connectivity index (χ4n) is 6.71. The Morgan fingerprint density at radius 3 is 1.95 bits per heavy atom. The second-order valence-corrected chi connectivity index (χ2v) is 14.1. The molecule has 12 heteroatoms. The maximum Gasteiger partial charge on any atom is 0.318 e. The lowest BCUT2D eigenvalue weighted by molar-refractivity contribution is -0.394. The normalized spacial score (nSPS) is 19.6. The van der Waals surface area contributed by atoms with Crippen LogP contribution in [0.4, 0.5) is 11.4 Å². The summed E-state index contributed by atoms with van der Waals surface area (Å²) in [5.41, 5.74) is 1.23. The highest BCUT2D eigenvalue weighted by Gasteiger charge is 2.49. The van der Waals surface area contributed by atoms with E-state index in [4.69, 9.17) is 27.9 Å². The van der Waals surface area contributed by atoms with Crippen LogP contribution in [0.3, 0.4) is 0 Å². The van der Waals surface area contributed by atoms with E-state index < -0.39 is 27.1 Å². The SMILES string of the molecule is CCCN1C2=C(C(=O)CC(C)(C)C2)C(c2cc(Cl)cc(Cl)c2Oc2ccc([N+](=O)[O-])cc2[N+](=O)[O-])C2=C1CC(C)(C)CC2=O. The number of nitrogens with zero attached hydrogens (tertiary/aromatic N) is 3. The van der Waals surface area contributed by atoms with Crippen LogP contribution in [0.25, 0.3) is 0 Å². The van der Waals surface area contributed by atoms with Gasteiger partial charge in [0.15, 0.2) is 17.3 Å². The minimum atomic E-state index is -0.872. The van der Waals surface area contributed by atoms with Crippen molar-refractivity contribution in [1.82, 2.24) is 4.90 Å². The topological polar surface area (TPSA) is 133 Å². The van der Waals surface area contributed by atoms with Gasteiger partial charge in [-0.1, -0.05) is 57.8 Å². The molecule has 5 rings (SSSR count). The molecule has 0 radical (unpaired) electrons. The Labute approximate surface area is 264 Å². The van der Waals surface area contributed by atoms with Crippen LogP contribution < -0.4 is 4.74 Å². The number of carbonyl (C=O) groups is 2. The molecule has 44 heavy (non-hydrogen) atoms. The lowest BCUT2D eigenvalue weighted by Crippen LogP contribution is -2.44. The molecule has 0 fully saturated rings. The van der Waals surface area contributed by atoms with Crippen LogP contribution in [-0.4, -0.2) is 32.9 Å². The number of Topliss-reactive ketones (excluding diaryl/α,β-unsaturated/α-hetero) is 2. The predicted octanol–water partition coefficient (Wildman–Crippen LogP) is 8.70. The quantitative estimate of drug-likeness (QED) is 0.216. The van der Waals surface area contributed by atoms with Gasteiger partial charge in [0.2, 0.25) is 5.75 Å². The van der Waals surface area contributed by atoms with Gasteiger partial charge in [0, 0.05) is 64.5 Å². The molecule has 3 aliphatic rings. The third kappa shape index (κ3) is 5.73. The zero-order valence-electron chi connectivity index (χ0n) is 25.2. The molecule has 2 aliphatic carbocycles. The van der Waals surface area contributed by atoms with Crippen molar-refractivity contribution in [3.05, 3.63) is 88.7 Å². The second kappa shape index (κ2) is 11.3. The van der Waals surface area contributed by atoms with Crippen molar-refractivity contribution >= 4 is 46.1 Å². The van der Waals surface area contributed by atoms with E-state index >= 15 is 0 Å². The van der Waals surface area contributed by atoms with Crippen molar-refractivity contribution in [2.75, 3.05) is 6.54 Å². The zero-order chi connectivity index (χ0) is 32.3.